The smallest absolute Gasteiger partial charge is 0.307 e. The molecule has 0 aliphatic heterocycles. The van der Waals surface area contributed by atoms with E-state index in [-0.39, 0.29) is 18.4 Å². The molecule has 0 aliphatic rings. The van der Waals surface area contributed by atoms with E-state index in [0.29, 0.717) is 12.6 Å². The van der Waals surface area contributed by atoms with Crippen molar-refractivity contribution in [3.05, 3.63) is 35.8 Å². The first-order chi connectivity index (χ1) is 11.0. The van der Waals surface area contributed by atoms with Crippen LogP contribution in [0, 0.1) is 13.8 Å². The summed E-state index contributed by atoms with van der Waals surface area (Å²) in [4.78, 5) is 24.7. The van der Waals surface area contributed by atoms with Gasteiger partial charge in [-0.15, -0.1) is 0 Å². The van der Waals surface area contributed by atoms with Crippen molar-refractivity contribution >= 4 is 11.9 Å². The zero-order chi connectivity index (χ0) is 16.8. The minimum atomic E-state index is -0.234. The van der Waals surface area contributed by atoms with Gasteiger partial charge in [-0.2, -0.15) is 0 Å². The number of carbonyl (C=O) groups is 1. The van der Waals surface area contributed by atoms with E-state index in [1.54, 1.807) is 13.1 Å². The highest BCUT2D eigenvalue weighted by Crippen LogP contribution is 2.21. The number of hydrogen-bond acceptors (Lipinski definition) is 6. The molecule has 23 heavy (non-hydrogen) atoms. The topological polar surface area (TPSA) is 77.0 Å². The summed E-state index contributed by atoms with van der Waals surface area (Å²) in [6, 6.07) is 5.70. The number of anilines is 1. The highest BCUT2D eigenvalue weighted by atomic mass is 16.5. The Labute approximate surface area is 136 Å². The summed E-state index contributed by atoms with van der Waals surface area (Å²) in [5.41, 5.74) is 3.67. The first kappa shape index (κ1) is 16.9. The van der Waals surface area contributed by atoms with Crippen LogP contribution in [0.5, 0.6) is 0 Å². The first-order valence-corrected chi connectivity index (χ1v) is 7.69. The molecule has 0 radical (unpaired) electrons. The molecule has 0 fully saturated rings. The molecule has 2 rings (SSSR count). The summed E-state index contributed by atoms with van der Waals surface area (Å²) in [7, 11) is 0. The molecule has 1 unspecified atom stereocenters. The average Bonchev–Trinajstić information content (AvgIpc) is 2.47. The molecule has 0 bridgehead atoms. The number of esters is 1. The molecule has 0 aliphatic carbocycles. The fourth-order valence-electron chi connectivity index (χ4n) is 2.28. The second-order valence-electron chi connectivity index (χ2n) is 5.41. The maximum absolute atomic E-state index is 11.5. The lowest BCUT2D eigenvalue weighted by Gasteiger charge is -2.13. The Bertz CT molecular complexity index is 688. The SMILES string of the molecule is CCOC(=O)CC(C)Nc1nccc(-c2ccc(C)nc2C)n1. The molecule has 0 aromatic carbocycles. The summed E-state index contributed by atoms with van der Waals surface area (Å²) < 4.78 is 4.94. The highest BCUT2D eigenvalue weighted by molar-refractivity contribution is 5.70. The van der Waals surface area contributed by atoms with E-state index in [4.69, 9.17) is 4.74 Å². The molecule has 2 heterocycles. The molecule has 1 N–H and O–H groups in total. The van der Waals surface area contributed by atoms with Crippen LogP contribution in [-0.4, -0.2) is 33.6 Å². The van der Waals surface area contributed by atoms with Gasteiger partial charge >= 0.3 is 5.97 Å². The van der Waals surface area contributed by atoms with Crippen molar-refractivity contribution in [2.45, 2.75) is 40.2 Å². The van der Waals surface area contributed by atoms with Crippen LogP contribution >= 0.6 is 0 Å². The lowest BCUT2D eigenvalue weighted by molar-refractivity contribution is -0.143. The first-order valence-electron chi connectivity index (χ1n) is 7.69. The molecule has 2 aromatic rings. The van der Waals surface area contributed by atoms with Gasteiger partial charge in [-0.3, -0.25) is 9.78 Å². The van der Waals surface area contributed by atoms with E-state index >= 15 is 0 Å². The van der Waals surface area contributed by atoms with Gasteiger partial charge in [0.1, 0.15) is 0 Å². The Morgan fingerprint density at radius 1 is 1.26 bits per heavy atom. The Morgan fingerprint density at radius 2 is 2.04 bits per heavy atom. The molecular weight excluding hydrogens is 292 g/mol. The Morgan fingerprint density at radius 3 is 2.74 bits per heavy atom. The van der Waals surface area contributed by atoms with Gasteiger partial charge in [-0.05, 0) is 45.9 Å². The molecule has 2 aromatic heterocycles. The number of nitrogens with zero attached hydrogens (tertiary/aromatic N) is 3. The molecule has 0 amide bonds. The van der Waals surface area contributed by atoms with Crippen LogP contribution in [0.15, 0.2) is 24.4 Å². The van der Waals surface area contributed by atoms with Gasteiger partial charge in [0.25, 0.3) is 0 Å². The number of aryl methyl sites for hydroxylation is 2. The number of hydrogen-bond donors (Lipinski definition) is 1. The van der Waals surface area contributed by atoms with Gasteiger partial charge < -0.3 is 10.1 Å². The molecule has 122 valence electrons. The third-order valence-corrected chi connectivity index (χ3v) is 3.31. The second kappa shape index (κ2) is 7.67. The van der Waals surface area contributed by atoms with Crippen molar-refractivity contribution in [2.24, 2.45) is 0 Å². The van der Waals surface area contributed by atoms with E-state index in [2.05, 4.69) is 20.3 Å². The number of carbonyl (C=O) groups excluding carboxylic acids is 1. The predicted molar refractivity (Wildman–Crippen MR) is 89.1 cm³/mol. The van der Waals surface area contributed by atoms with Crippen molar-refractivity contribution in [1.29, 1.82) is 0 Å². The number of pyridine rings is 1. The Hall–Kier alpha value is -2.50. The third-order valence-electron chi connectivity index (χ3n) is 3.31. The lowest BCUT2D eigenvalue weighted by atomic mass is 10.1. The predicted octanol–water partition coefficient (Wildman–Crippen LogP) is 2.91. The summed E-state index contributed by atoms with van der Waals surface area (Å²) in [6.45, 7) is 7.99. The largest absolute Gasteiger partial charge is 0.466 e. The fraction of sp³-hybridized carbons (Fsp3) is 0.412. The number of ether oxygens (including phenoxy) is 1. The van der Waals surface area contributed by atoms with Crippen molar-refractivity contribution in [2.75, 3.05) is 11.9 Å². The number of nitrogens with one attached hydrogen (secondary N) is 1. The van der Waals surface area contributed by atoms with Gasteiger partial charge in [0.05, 0.1) is 18.7 Å². The van der Waals surface area contributed by atoms with Crippen LogP contribution in [0.4, 0.5) is 5.95 Å². The van der Waals surface area contributed by atoms with E-state index in [1.807, 2.05) is 39.0 Å². The van der Waals surface area contributed by atoms with Crippen LogP contribution in [0.25, 0.3) is 11.3 Å². The summed E-state index contributed by atoms with van der Waals surface area (Å²) in [5.74, 6) is 0.251. The van der Waals surface area contributed by atoms with Crippen LogP contribution in [-0.2, 0) is 9.53 Å². The van der Waals surface area contributed by atoms with Crippen molar-refractivity contribution in [3.63, 3.8) is 0 Å². The molecule has 0 saturated carbocycles. The number of rotatable bonds is 6. The standard InChI is InChI=1S/C17H22N4O2/c1-5-23-16(22)10-12(3)20-17-18-9-8-15(21-17)14-7-6-11(2)19-13(14)4/h6-9,12H,5,10H2,1-4H3,(H,18,20,21). The monoisotopic (exact) mass is 314 g/mol. The van der Waals surface area contributed by atoms with Gasteiger partial charge in [0.15, 0.2) is 0 Å². The molecule has 1 atom stereocenters. The maximum atomic E-state index is 11.5. The minimum absolute atomic E-state index is 0.110. The Kier molecular flexibility index (Phi) is 5.62. The van der Waals surface area contributed by atoms with Crippen LogP contribution in [0.2, 0.25) is 0 Å². The van der Waals surface area contributed by atoms with E-state index in [0.717, 1.165) is 22.6 Å². The molecule has 0 saturated heterocycles. The zero-order valence-corrected chi connectivity index (χ0v) is 14.0. The van der Waals surface area contributed by atoms with Crippen LogP contribution in [0.3, 0.4) is 0 Å². The average molecular weight is 314 g/mol. The third kappa shape index (κ3) is 4.74. The van der Waals surface area contributed by atoms with Crippen molar-refractivity contribution in [1.82, 2.24) is 15.0 Å². The van der Waals surface area contributed by atoms with Crippen molar-refractivity contribution < 1.29 is 9.53 Å². The summed E-state index contributed by atoms with van der Waals surface area (Å²) in [5, 5.41) is 3.13. The minimum Gasteiger partial charge on any atom is -0.466 e. The quantitative estimate of drug-likeness (QED) is 0.826. The summed E-state index contributed by atoms with van der Waals surface area (Å²) >= 11 is 0. The van der Waals surface area contributed by atoms with Gasteiger partial charge in [-0.1, -0.05) is 0 Å². The molecule has 6 nitrogen and oxygen atoms in total. The van der Waals surface area contributed by atoms with E-state index in [9.17, 15) is 4.79 Å². The second-order valence-corrected chi connectivity index (χ2v) is 5.41. The lowest BCUT2D eigenvalue weighted by Crippen LogP contribution is -2.22. The normalized spacial score (nSPS) is 11.8. The van der Waals surface area contributed by atoms with E-state index < -0.39 is 0 Å². The van der Waals surface area contributed by atoms with Crippen LogP contribution in [0.1, 0.15) is 31.7 Å². The number of aromatic nitrogens is 3. The fourth-order valence-corrected chi connectivity index (χ4v) is 2.28. The van der Waals surface area contributed by atoms with Gasteiger partial charge in [-0.25, -0.2) is 9.97 Å². The summed E-state index contributed by atoms with van der Waals surface area (Å²) in [6.07, 6.45) is 1.97. The Balaban J connectivity index is 2.12. The zero-order valence-electron chi connectivity index (χ0n) is 14.0. The molecule has 6 heteroatoms. The van der Waals surface area contributed by atoms with Crippen molar-refractivity contribution in [3.8, 4) is 11.3 Å². The molecule has 0 spiro atoms. The van der Waals surface area contributed by atoms with Gasteiger partial charge in [0.2, 0.25) is 5.95 Å². The molecular formula is C17H22N4O2. The van der Waals surface area contributed by atoms with E-state index in [1.165, 1.54) is 0 Å². The maximum Gasteiger partial charge on any atom is 0.307 e. The van der Waals surface area contributed by atoms with Crippen LogP contribution < -0.4 is 5.32 Å². The highest BCUT2D eigenvalue weighted by Gasteiger charge is 2.12. The van der Waals surface area contributed by atoms with Gasteiger partial charge in [0, 0.05) is 29.2 Å².